The minimum atomic E-state index is -2.88. The van der Waals surface area contributed by atoms with Crippen LogP contribution in [0.1, 0.15) is 12.8 Å². The van der Waals surface area contributed by atoms with Crippen LogP contribution in [0.15, 0.2) is 30.5 Å². The van der Waals surface area contributed by atoms with Gasteiger partial charge >= 0.3 is 0 Å². The first-order valence-electron chi connectivity index (χ1n) is 9.38. The molecule has 1 atom stereocenters. The lowest BCUT2D eigenvalue weighted by Crippen LogP contribution is -2.52. The molecule has 0 saturated carbocycles. The van der Waals surface area contributed by atoms with Gasteiger partial charge in [0.1, 0.15) is 5.82 Å². The Bertz CT molecular complexity index is 948. The second kappa shape index (κ2) is 7.24. The third-order valence-electron chi connectivity index (χ3n) is 5.69. The van der Waals surface area contributed by atoms with E-state index in [0.717, 1.165) is 24.0 Å². The van der Waals surface area contributed by atoms with E-state index in [1.54, 1.807) is 6.07 Å². The van der Waals surface area contributed by atoms with Crippen LogP contribution in [-0.4, -0.2) is 72.4 Å². The third-order valence-corrected chi connectivity index (χ3v) is 7.44. The van der Waals surface area contributed by atoms with Crippen molar-refractivity contribution < 1.29 is 17.6 Å². The minimum Gasteiger partial charge on any atom is -0.347 e. The van der Waals surface area contributed by atoms with Gasteiger partial charge in [-0.15, -0.1) is 0 Å². The molecule has 3 heterocycles. The SMILES string of the molecule is O=C(CCn1ccc2ccc(F)cc21)N1CCN(C2CCS(=O)(=O)C2)CC1. The van der Waals surface area contributed by atoms with Gasteiger partial charge in [0.05, 0.1) is 17.0 Å². The predicted molar refractivity (Wildman–Crippen MR) is 102 cm³/mol. The van der Waals surface area contributed by atoms with Gasteiger partial charge in [-0.2, -0.15) is 0 Å². The summed E-state index contributed by atoms with van der Waals surface area (Å²) in [5.41, 5.74) is 0.801. The lowest BCUT2D eigenvalue weighted by molar-refractivity contribution is -0.133. The number of hydrogen-bond donors (Lipinski definition) is 0. The van der Waals surface area contributed by atoms with Gasteiger partial charge in [-0.1, -0.05) is 0 Å². The largest absolute Gasteiger partial charge is 0.347 e. The Morgan fingerprint density at radius 3 is 2.63 bits per heavy atom. The Balaban J connectivity index is 1.30. The second-order valence-corrected chi connectivity index (χ2v) is 9.66. The summed E-state index contributed by atoms with van der Waals surface area (Å²) >= 11 is 0. The summed E-state index contributed by atoms with van der Waals surface area (Å²) in [7, 11) is -2.88. The summed E-state index contributed by atoms with van der Waals surface area (Å²) in [6.45, 7) is 3.24. The van der Waals surface area contributed by atoms with Crippen LogP contribution < -0.4 is 0 Å². The molecule has 27 heavy (non-hydrogen) atoms. The van der Waals surface area contributed by atoms with Crippen molar-refractivity contribution in [1.29, 1.82) is 0 Å². The third kappa shape index (κ3) is 4.01. The topological polar surface area (TPSA) is 62.6 Å². The molecule has 0 aliphatic carbocycles. The smallest absolute Gasteiger partial charge is 0.224 e. The van der Waals surface area contributed by atoms with Crippen LogP contribution >= 0.6 is 0 Å². The van der Waals surface area contributed by atoms with E-state index in [4.69, 9.17) is 0 Å². The Kier molecular flexibility index (Phi) is 4.94. The van der Waals surface area contributed by atoms with Gasteiger partial charge < -0.3 is 9.47 Å². The number of benzene rings is 1. The molecule has 2 aliphatic heterocycles. The van der Waals surface area contributed by atoms with E-state index < -0.39 is 9.84 Å². The molecule has 1 aromatic carbocycles. The Labute approximate surface area is 158 Å². The molecule has 2 aliphatic rings. The zero-order valence-electron chi connectivity index (χ0n) is 15.2. The molecule has 4 rings (SSSR count). The molecule has 6 nitrogen and oxygen atoms in total. The minimum absolute atomic E-state index is 0.0898. The van der Waals surface area contributed by atoms with E-state index in [9.17, 15) is 17.6 Å². The quantitative estimate of drug-likeness (QED) is 0.790. The van der Waals surface area contributed by atoms with E-state index in [2.05, 4.69) is 4.90 Å². The zero-order chi connectivity index (χ0) is 19.0. The maximum atomic E-state index is 13.5. The number of aryl methyl sites for hydroxylation is 1. The average molecular weight is 393 g/mol. The number of fused-ring (bicyclic) bond motifs is 1. The van der Waals surface area contributed by atoms with Crippen LogP contribution in [0.3, 0.4) is 0 Å². The average Bonchev–Trinajstić information content (AvgIpc) is 3.22. The van der Waals surface area contributed by atoms with Gasteiger partial charge in [0.15, 0.2) is 9.84 Å². The fourth-order valence-electron chi connectivity index (χ4n) is 4.13. The lowest BCUT2D eigenvalue weighted by atomic mass is 10.2. The van der Waals surface area contributed by atoms with E-state index in [-0.39, 0.29) is 29.3 Å². The molecule has 1 unspecified atom stereocenters. The highest BCUT2D eigenvalue weighted by atomic mass is 32.2. The van der Waals surface area contributed by atoms with Crippen LogP contribution in [0, 0.1) is 5.82 Å². The standard InChI is InChI=1S/C19H24FN3O3S/c20-16-2-1-15-3-6-22(18(15)13-16)7-4-19(24)23-10-8-21(9-11-23)17-5-12-27(25,26)14-17/h1-3,6,13,17H,4-5,7-12,14H2. The van der Waals surface area contributed by atoms with Gasteiger partial charge in [-0.25, -0.2) is 12.8 Å². The van der Waals surface area contributed by atoms with Crippen LogP contribution in [0.25, 0.3) is 10.9 Å². The van der Waals surface area contributed by atoms with Crippen LogP contribution in [0.5, 0.6) is 0 Å². The molecule has 0 bridgehead atoms. The van der Waals surface area contributed by atoms with Gasteiger partial charge in [-0.3, -0.25) is 9.69 Å². The summed E-state index contributed by atoms with van der Waals surface area (Å²) < 4.78 is 38.7. The number of carbonyl (C=O) groups excluding carboxylic acids is 1. The molecule has 2 saturated heterocycles. The van der Waals surface area contributed by atoms with E-state index in [0.29, 0.717) is 32.5 Å². The van der Waals surface area contributed by atoms with Crippen molar-refractivity contribution in [3.05, 3.63) is 36.3 Å². The fourth-order valence-corrected chi connectivity index (χ4v) is 5.89. The molecular weight excluding hydrogens is 369 g/mol. The van der Waals surface area contributed by atoms with Crippen molar-refractivity contribution in [2.24, 2.45) is 0 Å². The second-order valence-electron chi connectivity index (χ2n) is 7.44. The van der Waals surface area contributed by atoms with Crippen LogP contribution in [-0.2, 0) is 21.2 Å². The highest BCUT2D eigenvalue weighted by Gasteiger charge is 2.34. The van der Waals surface area contributed by atoms with Crippen molar-refractivity contribution in [1.82, 2.24) is 14.4 Å². The number of hydrogen-bond acceptors (Lipinski definition) is 4. The first kappa shape index (κ1) is 18.4. The lowest BCUT2D eigenvalue weighted by Gasteiger charge is -2.37. The Morgan fingerprint density at radius 2 is 1.93 bits per heavy atom. The zero-order valence-corrected chi connectivity index (χ0v) is 16.0. The van der Waals surface area contributed by atoms with E-state index in [1.807, 2.05) is 21.7 Å². The normalized spacial score (nSPS) is 23.1. The molecule has 2 aromatic rings. The number of rotatable bonds is 4. The van der Waals surface area contributed by atoms with E-state index in [1.165, 1.54) is 12.1 Å². The van der Waals surface area contributed by atoms with Crippen molar-refractivity contribution >= 4 is 26.6 Å². The maximum absolute atomic E-state index is 13.5. The molecular formula is C19H24FN3O3S. The fraction of sp³-hybridized carbons (Fsp3) is 0.526. The molecule has 2 fully saturated rings. The maximum Gasteiger partial charge on any atom is 0.224 e. The molecule has 1 aromatic heterocycles. The van der Waals surface area contributed by atoms with Crippen molar-refractivity contribution in [2.75, 3.05) is 37.7 Å². The molecule has 0 spiro atoms. The Morgan fingerprint density at radius 1 is 1.15 bits per heavy atom. The summed E-state index contributed by atoms with van der Waals surface area (Å²) in [5, 5.41) is 0.962. The number of aromatic nitrogens is 1. The monoisotopic (exact) mass is 393 g/mol. The molecule has 1 amide bonds. The van der Waals surface area contributed by atoms with Crippen molar-refractivity contribution in [3.63, 3.8) is 0 Å². The number of carbonyl (C=O) groups is 1. The van der Waals surface area contributed by atoms with Gasteiger partial charge in [0.2, 0.25) is 5.91 Å². The number of sulfone groups is 1. The predicted octanol–water partition coefficient (Wildman–Crippen LogP) is 1.50. The van der Waals surface area contributed by atoms with E-state index >= 15 is 0 Å². The number of amides is 1. The molecule has 0 radical (unpaired) electrons. The van der Waals surface area contributed by atoms with Crippen LogP contribution in [0.2, 0.25) is 0 Å². The summed E-state index contributed by atoms with van der Waals surface area (Å²) in [5.74, 6) is 0.339. The van der Waals surface area contributed by atoms with Gasteiger partial charge in [-0.05, 0) is 36.1 Å². The Hall–Kier alpha value is -1.93. The highest BCUT2D eigenvalue weighted by molar-refractivity contribution is 7.91. The summed E-state index contributed by atoms with van der Waals surface area (Å²) in [6, 6.07) is 6.70. The molecule has 0 N–H and O–H groups in total. The molecule has 146 valence electrons. The molecule has 8 heteroatoms. The number of piperazine rings is 1. The van der Waals surface area contributed by atoms with Gasteiger partial charge in [0, 0.05) is 51.4 Å². The van der Waals surface area contributed by atoms with Gasteiger partial charge in [0.25, 0.3) is 0 Å². The van der Waals surface area contributed by atoms with Crippen LogP contribution in [0.4, 0.5) is 4.39 Å². The summed E-state index contributed by atoms with van der Waals surface area (Å²) in [4.78, 5) is 16.6. The first-order chi connectivity index (χ1) is 12.9. The highest BCUT2D eigenvalue weighted by Crippen LogP contribution is 2.20. The number of halogens is 1. The number of nitrogens with zero attached hydrogens (tertiary/aromatic N) is 3. The van der Waals surface area contributed by atoms with Crippen molar-refractivity contribution in [2.45, 2.75) is 25.4 Å². The summed E-state index contributed by atoms with van der Waals surface area (Å²) in [6.07, 6.45) is 2.96. The van der Waals surface area contributed by atoms with Crippen molar-refractivity contribution in [3.8, 4) is 0 Å². The first-order valence-corrected chi connectivity index (χ1v) is 11.2.